The fourth-order valence-corrected chi connectivity index (χ4v) is 7.17. The first-order valence-corrected chi connectivity index (χ1v) is 17.8. The third-order valence-corrected chi connectivity index (χ3v) is 10.2. The summed E-state index contributed by atoms with van der Waals surface area (Å²) >= 11 is 0. The van der Waals surface area contributed by atoms with E-state index in [0.717, 1.165) is 56.8 Å². The summed E-state index contributed by atoms with van der Waals surface area (Å²) in [5.41, 5.74) is 9.63. The maximum Gasteiger partial charge on any atom is 0.251 e. The summed E-state index contributed by atoms with van der Waals surface area (Å²) in [7, 11) is 3.40. The summed E-state index contributed by atoms with van der Waals surface area (Å²) in [5.74, 6) is -0.279. The van der Waals surface area contributed by atoms with Crippen LogP contribution in [0.2, 0.25) is 0 Å². The van der Waals surface area contributed by atoms with Crippen LogP contribution in [-0.4, -0.2) is 99.1 Å². The van der Waals surface area contributed by atoms with Crippen LogP contribution in [-0.2, 0) is 26.3 Å². The van der Waals surface area contributed by atoms with Gasteiger partial charge in [0.15, 0.2) is 0 Å². The molecule has 3 aromatic rings. The number of nitrogens with zero attached hydrogens (tertiary/aromatic N) is 4. The van der Waals surface area contributed by atoms with Crippen LogP contribution in [0.1, 0.15) is 47.2 Å². The Labute approximate surface area is 300 Å². The van der Waals surface area contributed by atoms with Crippen LogP contribution in [0, 0.1) is 0 Å². The lowest BCUT2D eigenvalue weighted by Gasteiger charge is -2.35. The molecule has 51 heavy (non-hydrogen) atoms. The molecule has 0 spiro atoms. The highest BCUT2D eigenvalue weighted by atomic mass is 16.5. The molecule has 268 valence electrons. The topological polar surface area (TPSA) is 130 Å². The molecular weight excluding hydrogens is 644 g/mol. The number of aromatic nitrogens is 1. The van der Waals surface area contributed by atoms with Gasteiger partial charge in [0.1, 0.15) is 5.75 Å². The Balaban J connectivity index is 1.31. The first-order chi connectivity index (χ1) is 24.8. The highest BCUT2D eigenvalue weighted by Crippen LogP contribution is 2.42. The summed E-state index contributed by atoms with van der Waals surface area (Å²) in [6.07, 6.45) is 10.4. The average molecular weight is 693 g/mol. The number of para-hydroxylation sites is 1. The maximum atomic E-state index is 13.8. The molecule has 0 bridgehead atoms. The van der Waals surface area contributed by atoms with E-state index in [1.807, 2.05) is 42.5 Å². The van der Waals surface area contributed by atoms with E-state index in [4.69, 9.17) is 20.2 Å². The Hall–Kier alpha value is -5.00. The Morgan fingerprint density at radius 1 is 1.02 bits per heavy atom. The molecule has 11 heteroatoms. The van der Waals surface area contributed by atoms with Crippen LogP contribution in [0.5, 0.6) is 5.75 Å². The first-order valence-electron chi connectivity index (χ1n) is 17.8. The second-order valence-electron chi connectivity index (χ2n) is 13.4. The van der Waals surface area contributed by atoms with Crippen LogP contribution < -0.4 is 20.7 Å². The van der Waals surface area contributed by atoms with Gasteiger partial charge in [0.2, 0.25) is 11.8 Å². The van der Waals surface area contributed by atoms with E-state index in [1.165, 1.54) is 6.42 Å². The summed E-state index contributed by atoms with van der Waals surface area (Å²) in [4.78, 5) is 52.0. The first kappa shape index (κ1) is 35.8. The number of benzene rings is 2. The van der Waals surface area contributed by atoms with Crippen LogP contribution in [0.3, 0.4) is 0 Å². The van der Waals surface area contributed by atoms with E-state index < -0.39 is 11.3 Å². The fraction of sp³-hybridized carbons (Fsp3) is 0.400. The van der Waals surface area contributed by atoms with Gasteiger partial charge in [-0.2, -0.15) is 0 Å². The average Bonchev–Trinajstić information content (AvgIpc) is 3.19. The Morgan fingerprint density at radius 2 is 1.80 bits per heavy atom. The van der Waals surface area contributed by atoms with Gasteiger partial charge in [0, 0.05) is 87.0 Å². The van der Waals surface area contributed by atoms with Crippen LogP contribution >= 0.6 is 0 Å². The third-order valence-electron chi connectivity index (χ3n) is 10.2. The third kappa shape index (κ3) is 8.16. The molecule has 2 aromatic carbocycles. The van der Waals surface area contributed by atoms with Gasteiger partial charge in [0.25, 0.3) is 5.91 Å². The number of ether oxygens (including phenoxy) is 2. The Bertz CT molecular complexity index is 1800. The number of morpholine rings is 1. The number of pyridine rings is 1. The van der Waals surface area contributed by atoms with Crippen LogP contribution in [0.25, 0.3) is 11.3 Å². The lowest BCUT2D eigenvalue weighted by Crippen LogP contribution is -2.45. The zero-order valence-corrected chi connectivity index (χ0v) is 29.6. The minimum Gasteiger partial charge on any atom is -0.496 e. The van der Waals surface area contributed by atoms with Crippen molar-refractivity contribution in [2.45, 2.75) is 37.6 Å². The molecule has 3 amide bonds. The molecule has 2 saturated heterocycles. The van der Waals surface area contributed by atoms with Crippen molar-refractivity contribution in [1.29, 1.82) is 0 Å². The van der Waals surface area contributed by atoms with Crippen molar-refractivity contribution in [2.24, 2.45) is 5.73 Å². The van der Waals surface area contributed by atoms with Gasteiger partial charge in [0.05, 0.1) is 31.4 Å². The van der Waals surface area contributed by atoms with E-state index in [9.17, 15) is 14.4 Å². The molecule has 3 N–H and O–H groups in total. The normalized spacial score (nSPS) is 19.3. The molecular formula is C40H48N6O5. The van der Waals surface area contributed by atoms with Crippen molar-refractivity contribution in [2.75, 3.05) is 71.5 Å². The Kier molecular flexibility index (Phi) is 11.5. The molecule has 2 aliphatic heterocycles. The van der Waals surface area contributed by atoms with Gasteiger partial charge in [-0.3, -0.25) is 24.3 Å². The number of nitrogens with one attached hydrogen (secondary N) is 1. The molecule has 2 fully saturated rings. The van der Waals surface area contributed by atoms with E-state index in [-0.39, 0.29) is 24.8 Å². The van der Waals surface area contributed by atoms with Crippen molar-refractivity contribution in [3.63, 3.8) is 0 Å². The maximum absolute atomic E-state index is 13.8. The number of methoxy groups -OCH3 is 1. The summed E-state index contributed by atoms with van der Waals surface area (Å²) in [6.45, 7) is 6.50. The number of carbonyl (C=O) groups excluding carboxylic acids is 3. The van der Waals surface area contributed by atoms with E-state index >= 15 is 0 Å². The van der Waals surface area contributed by atoms with Crippen molar-refractivity contribution in [3.05, 3.63) is 101 Å². The van der Waals surface area contributed by atoms with Crippen LogP contribution in [0.15, 0.2) is 84.6 Å². The number of primary amides is 1. The van der Waals surface area contributed by atoms with Gasteiger partial charge in [-0.15, -0.1) is 0 Å². The lowest BCUT2D eigenvalue weighted by atomic mass is 9.70. The van der Waals surface area contributed by atoms with E-state index in [2.05, 4.69) is 15.1 Å². The minimum absolute atomic E-state index is 0.106. The number of carbonyl (C=O) groups is 3. The zero-order chi connectivity index (χ0) is 35.8. The number of amides is 3. The smallest absolute Gasteiger partial charge is 0.251 e. The number of anilines is 1. The highest BCUT2D eigenvalue weighted by molar-refractivity contribution is 6.00. The predicted molar refractivity (Wildman–Crippen MR) is 198 cm³/mol. The summed E-state index contributed by atoms with van der Waals surface area (Å²) < 4.78 is 10.9. The van der Waals surface area contributed by atoms with Crippen molar-refractivity contribution < 1.29 is 23.9 Å². The number of allylic oxidation sites excluding steroid dienone is 2. The number of likely N-dealkylation sites (N-methyl/N-ethyl adjacent to an activating group) is 1. The number of piperidine rings is 1. The monoisotopic (exact) mass is 692 g/mol. The molecule has 11 nitrogen and oxygen atoms in total. The molecule has 0 saturated carbocycles. The lowest BCUT2D eigenvalue weighted by molar-refractivity contribution is -0.126. The second kappa shape index (κ2) is 16.3. The number of rotatable bonds is 12. The number of hydrogen-bond donors (Lipinski definition) is 2. The number of nitrogens with two attached hydrogens (primary N) is 1. The van der Waals surface area contributed by atoms with E-state index in [0.29, 0.717) is 53.5 Å². The Morgan fingerprint density at radius 3 is 2.57 bits per heavy atom. The van der Waals surface area contributed by atoms with Gasteiger partial charge in [-0.05, 0) is 61.6 Å². The zero-order valence-electron chi connectivity index (χ0n) is 29.6. The fourth-order valence-electron chi connectivity index (χ4n) is 7.17. The largest absolute Gasteiger partial charge is 0.496 e. The molecule has 3 aliphatic rings. The standard InChI is InChI=1S/C40H48N6O5/c1-44(19-20-45-21-23-51-24-22-45)38(48)30-10-8-15-40(27-30,39(41)49)34-13-12-32(46-17-6-3-7-18-46)26-33(34)35-25-29(14-16-42-35)37(47)43-28-31-9-4-5-11-36(31)50-2/h4-5,8-16,25-26H,3,6-7,17-24,27-28H2,1-2H3,(H2,41,49)(H,43,47). The summed E-state index contributed by atoms with van der Waals surface area (Å²) in [6, 6.07) is 17.0. The van der Waals surface area contributed by atoms with Gasteiger partial charge in [-0.25, -0.2) is 0 Å². The molecule has 0 radical (unpaired) electrons. The predicted octanol–water partition coefficient (Wildman–Crippen LogP) is 4.08. The van der Waals surface area contributed by atoms with Crippen molar-refractivity contribution >= 4 is 23.4 Å². The van der Waals surface area contributed by atoms with Gasteiger partial charge >= 0.3 is 0 Å². The molecule has 1 aliphatic carbocycles. The summed E-state index contributed by atoms with van der Waals surface area (Å²) in [5, 5.41) is 3.00. The highest BCUT2D eigenvalue weighted by Gasteiger charge is 2.42. The SMILES string of the molecule is COc1ccccc1CNC(=O)c1ccnc(-c2cc(N3CCCCC3)ccc2C2(C(N)=O)C=CC=C(C(=O)N(C)CCN3CCOCC3)C2)c1. The molecule has 6 rings (SSSR count). The molecule has 3 heterocycles. The molecule has 1 aromatic heterocycles. The number of hydrogen-bond acceptors (Lipinski definition) is 8. The van der Waals surface area contributed by atoms with Crippen LogP contribution in [0.4, 0.5) is 5.69 Å². The quantitative estimate of drug-likeness (QED) is 0.291. The van der Waals surface area contributed by atoms with Gasteiger partial charge < -0.3 is 30.3 Å². The molecule has 1 unspecified atom stereocenters. The molecule has 1 atom stereocenters. The van der Waals surface area contributed by atoms with E-state index in [1.54, 1.807) is 55.6 Å². The van der Waals surface area contributed by atoms with Crippen molar-refractivity contribution in [3.8, 4) is 17.0 Å². The minimum atomic E-state index is -1.32. The second-order valence-corrected chi connectivity index (χ2v) is 13.4. The van der Waals surface area contributed by atoms with Crippen molar-refractivity contribution in [1.82, 2.24) is 20.1 Å². The van der Waals surface area contributed by atoms with Gasteiger partial charge in [-0.1, -0.05) is 42.5 Å².